The summed E-state index contributed by atoms with van der Waals surface area (Å²) in [6.45, 7) is 0. The topological polar surface area (TPSA) is 42.4 Å². The lowest BCUT2D eigenvalue weighted by Gasteiger charge is -2.18. The first-order valence-electron chi connectivity index (χ1n) is 7.84. The Morgan fingerprint density at radius 2 is 1.87 bits per heavy atom. The van der Waals surface area contributed by atoms with Crippen LogP contribution >= 0.6 is 0 Å². The highest BCUT2D eigenvalue weighted by Crippen LogP contribution is 2.35. The van der Waals surface area contributed by atoms with Crippen molar-refractivity contribution in [2.24, 2.45) is 0 Å². The first-order valence-corrected chi connectivity index (χ1v) is 7.84. The molecule has 1 unspecified atom stereocenters. The van der Waals surface area contributed by atoms with Crippen LogP contribution in [-0.4, -0.2) is 23.2 Å². The molecule has 1 aliphatic heterocycles. The van der Waals surface area contributed by atoms with E-state index in [0.29, 0.717) is 5.82 Å². The van der Waals surface area contributed by atoms with Crippen molar-refractivity contribution in [2.75, 3.05) is 4.90 Å². The number of aromatic nitrogens is 1. The Balaban J connectivity index is 1.55. The molecule has 1 saturated heterocycles. The summed E-state index contributed by atoms with van der Waals surface area (Å²) in [5, 5.41) is 0. The first kappa shape index (κ1) is 13.8. The van der Waals surface area contributed by atoms with E-state index in [9.17, 15) is 4.79 Å². The third-order valence-corrected chi connectivity index (χ3v) is 4.32. The molecule has 0 bridgehead atoms. The molecule has 0 N–H and O–H groups in total. The SMILES string of the molecule is O=C1O[C@H]2CCCC2N1c1ccc(C#Cc2ccccc2)cn1. The highest BCUT2D eigenvalue weighted by atomic mass is 16.6. The second-order valence-corrected chi connectivity index (χ2v) is 5.81. The quantitative estimate of drug-likeness (QED) is 0.759. The van der Waals surface area contributed by atoms with Gasteiger partial charge < -0.3 is 4.74 Å². The molecule has 4 nitrogen and oxygen atoms in total. The number of amides is 1. The standard InChI is InChI=1S/C19H16N2O2/c22-19-21(16-7-4-8-17(16)23-19)18-12-11-15(13-20-18)10-9-14-5-2-1-3-6-14/h1-3,5-6,11-13,16-17H,4,7-8H2/t16?,17-/m0/s1. The second-order valence-electron chi connectivity index (χ2n) is 5.81. The van der Waals surface area contributed by atoms with Gasteiger partial charge in [0.15, 0.2) is 0 Å². The van der Waals surface area contributed by atoms with Gasteiger partial charge in [-0.15, -0.1) is 0 Å². The van der Waals surface area contributed by atoms with Crippen LogP contribution in [0.5, 0.6) is 0 Å². The molecule has 1 aromatic carbocycles. The highest BCUT2D eigenvalue weighted by Gasteiger charge is 2.45. The Labute approximate surface area is 135 Å². The van der Waals surface area contributed by atoms with E-state index in [1.54, 1.807) is 11.1 Å². The lowest BCUT2D eigenvalue weighted by molar-refractivity contribution is 0.138. The van der Waals surface area contributed by atoms with Gasteiger partial charge in [-0.25, -0.2) is 9.78 Å². The Bertz CT molecular complexity index is 775. The van der Waals surface area contributed by atoms with Crippen molar-refractivity contribution >= 4 is 11.9 Å². The molecule has 23 heavy (non-hydrogen) atoms. The summed E-state index contributed by atoms with van der Waals surface area (Å²) in [4.78, 5) is 18.1. The number of carbonyl (C=O) groups is 1. The molecule has 2 aliphatic rings. The van der Waals surface area contributed by atoms with E-state index in [1.807, 2.05) is 42.5 Å². The first-order chi connectivity index (χ1) is 11.3. The molecule has 2 aromatic rings. The minimum Gasteiger partial charge on any atom is -0.444 e. The van der Waals surface area contributed by atoms with E-state index < -0.39 is 0 Å². The highest BCUT2D eigenvalue weighted by molar-refractivity contribution is 5.89. The molecule has 2 atom stereocenters. The summed E-state index contributed by atoms with van der Waals surface area (Å²) in [5.74, 6) is 6.84. The average molecular weight is 304 g/mol. The van der Waals surface area contributed by atoms with Crippen molar-refractivity contribution < 1.29 is 9.53 Å². The van der Waals surface area contributed by atoms with E-state index in [1.165, 1.54) is 0 Å². The van der Waals surface area contributed by atoms with Crippen molar-refractivity contribution in [2.45, 2.75) is 31.4 Å². The van der Waals surface area contributed by atoms with Gasteiger partial charge in [0, 0.05) is 17.3 Å². The summed E-state index contributed by atoms with van der Waals surface area (Å²) in [7, 11) is 0. The Hall–Kier alpha value is -2.80. The fraction of sp³-hybridized carbons (Fsp3) is 0.263. The van der Waals surface area contributed by atoms with Gasteiger partial charge in [-0.1, -0.05) is 30.0 Å². The van der Waals surface area contributed by atoms with Gasteiger partial charge in [0.05, 0.1) is 6.04 Å². The monoisotopic (exact) mass is 304 g/mol. The molecule has 1 aromatic heterocycles. The number of rotatable bonds is 1. The van der Waals surface area contributed by atoms with Gasteiger partial charge in [-0.2, -0.15) is 0 Å². The summed E-state index contributed by atoms with van der Waals surface area (Å²) < 4.78 is 5.41. The van der Waals surface area contributed by atoms with Crippen molar-refractivity contribution in [3.8, 4) is 11.8 Å². The van der Waals surface area contributed by atoms with Crippen LogP contribution in [0.25, 0.3) is 0 Å². The van der Waals surface area contributed by atoms with Crippen LogP contribution in [0.15, 0.2) is 48.7 Å². The van der Waals surface area contributed by atoms with E-state index in [4.69, 9.17) is 4.74 Å². The van der Waals surface area contributed by atoms with Gasteiger partial charge in [0.1, 0.15) is 11.9 Å². The molecule has 0 radical (unpaired) electrons. The van der Waals surface area contributed by atoms with Crippen LogP contribution in [0, 0.1) is 11.8 Å². The average Bonchev–Trinajstić information content (AvgIpc) is 3.14. The molecule has 4 heteroatoms. The van der Waals surface area contributed by atoms with E-state index in [-0.39, 0.29) is 18.2 Å². The molecule has 0 spiro atoms. The molecular formula is C19H16N2O2. The summed E-state index contributed by atoms with van der Waals surface area (Å²) in [6, 6.07) is 13.7. The summed E-state index contributed by atoms with van der Waals surface area (Å²) >= 11 is 0. The lowest BCUT2D eigenvalue weighted by Crippen LogP contribution is -2.34. The largest absolute Gasteiger partial charge is 0.444 e. The van der Waals surface area contributed by atoms with Crippen molar-refractivity contribution in [1.82, 2.24) is 4.98 Å². The van der Waals surface area contributed by atoms with Crippen molar-refractivity contribution in [3.63, 3.8) is 0 Å². The summed E-state index contributed by atoms with van der Waals surface area (Å²) in [6.07, 6.45) is 4.49. The normalized spacial score (nSPS) is 22.3. The lowest BCUT2D eigenvalue weighted by atomic mass is 10.2. The molecule has 1 aliphatic carbocycles. The Morgan fingerprint density at radius 1 is 1.04 bits per heavy atom. The Kier molecular flexibility index (Phi) is 3.47. The summed E-state index contributed by atoms with van der Waals surface area (Å²) in [5.41, 5.74) is 1.79. The van der Waals surface area contributed by atoms with E-state index in [0.717, 1.165) is 30.4 Å². The molecule has 1 amide bonds. The molecule has 4 rings (SSSR count). The van der Waals surface area contributed by atoms with Gasteiger partial charge in [-0.05, 0) is 43.5 Å². The van der Waals surface area contributed by atoms with Crippen LogP contribution in [-0.2, 0) is 4.74 Å². The minimum absolute atomic E-state index is 0.0295. The number of pyridine rings is 1. The third-order valence-electron chi connectivity index (χ3n) is 4.32. The third kappa shape index (κ3) is 2.66. The van der Waals surface area contributed by atoms with Gasteiger partial charge >= 0.3 is 6.09 Å². The Morgan fingerprint density at radius 3 is 2.65 bits per heavy atom. The number of fused-ring (bicyclic) bond motifs is 1. The number of hydrogen-bond donors (Lipinski definition) is 0. The van der Waals surface area contributed by atoms with Crippen LogP contribution in [0.4, 0.5) is 10.6 Å². The number of nitrogens with zero attached hydrogens (tertiary/aromatic N) is 2. The molecule has 2 heterocycles. The van der Waals surface area contributed by atoms with Gasteiger partial charge in [-0.3, -0.25) is 4.90 Å². The zero-order valence-corrected chi connectivity index (χ0v) is 12.6. The smallest absolute Gasteiger partial charge is 0.416 e. The number of hydrogen-bond acceptors (Lipinski definition) is 3. The second kappa shape index (κ2) is 5.77. The fourth-order valence-corrected chi connectivity index (χ4v) is 3.19. The van der Waals surface area contributed by atoms with Crippen molar-refractivity contribution in [3.05, 3.63) is 59.8 Å². The minimum atomic E-state index is -0.282. The number of benzene rings is 1. The molecule has 2 fully saturated rings. The number of ether oxygens (including phenoxy) is 1. The van der Waals surface area contributed by atoms with E-state index in [2.05, 4.69) is 16.8 Å². The van der Waals surface area contributed by atoms with Gasteiger partial charge in [0.2, 0.25) is 0 Å². The zero-order chi connectivity index (χ0) is 15.6. The van der Waals surface area contributed by atoms with Crippen LogP contribution in [0.1, 0.15) is 30.4 Å². The maximum Gasteiger partial charge on any atom is 0.416 e. The predicted molar refractivity (Wildman–Crippen MR) is 87.0 cm³/mol. The van der Waals surface area contributed by atoms with Gasteiger partial charge in [0.25, 0.3) is 0 Å². The molecular weight excluding hydrogens is 288 g/mol. The zero-order valence-electron chi connectivity index (χ0n) is 12.6. The van der Waals surface area contributed by atoms with Crippen LogP contribution in [0.3, 0.4) is 0 Å². The molecule has 114 valence electrons. The van der Waals surface area contributed by atoms with Crippen molar-refractivity contribution in [1.29, 1.82) is 0 Å². The molecule has 1 saturated carbocycles. The van der Waals surface area contributed by atoms with E-state index >= 15 is 0 Å². The predicted octanol–water partition coefficient (Wildman–Crippen LogP) is 3.36. The maximum atomic E-state index is 12.0. The fourth-order valence-electron chi connectivity index (χ4n) is 3.19. The van der Waals surface area contributed by atoms with Crippen LogP contribution in [0.2, 0.25) is 0 Å². The number of carbonyl (C=O) groups excluding carboxylic acids is 1. The number of anilines is 1. The van der Waals surface area contributed by atoms with Crippen LogP contribution < -0.4 is 4.90 Å². The maximum absolute atomic E-state index is 12.0.